The summed E-state index contributed by atoms with van der Waals surface area (Å²) in [5.74, 6) is -3.74. The van der Waals surface area contributed by atoms with Crippen molar-refractivity contribution >= 4 is 63.5 Å². The van der Waals surface area contributed by atoms with Crippen molar-refractivity contribution in [1.82, 2.24) is 30.0 Å². The molecule has 0 bridgehead atoms. The summed E-state index contributed by atoms with van der Waals surface area (Å²) in [6.07, 6.45) is 0. The van der Waals surface area contributed by atoms with Gasteiger partial charge in [-0.2, -0.15) is 10.1 Å². The molecule has 2 aliphatic heterocycles. The second-order valence-corrected chi connectivity index (χ2v) is 10.1. The Morgan fingerprint density at radius 3 is 2.66 bits per heavy atom. The van der Waals surface area contributed by atoms with E-state index in [1.165, 1.54) is 31.3 Å². The Labute approximate surface area is 271 Å². The quantitative estimate of drug-likeness (QED) is 0.0949. The van der Waals surface area contributed by atoms with E-state index < -0.39 is 40.6 Å². The first kappa shape index (κ1) is 32.6. The maximum atomic E-state index is 12.9. The molecule has 1 fully saturated rings. The van der Waals surface area contributed by atoms with Crippen molar-refractivity contribution in [2.24, 2.45) is 12.2 Å². The van der Waals surface area contributed by atoms with Crippen molar-refractivity contribution in [3.05, 3.63) is 32.7 Å². The first-order valence-corrected chi connectivity index (χ1v) is 12.8. The van der Waals surface area contributed by atoms with Gasteiger partial charge in [0.1, 0.15) is 24.2 Å². The predicted molar refractivity (Wildman–Crippen MR) is 125 cm³/mol. The maximum absolute atomic E-state index is 12.9. The van der Waals surface area contributed by atoms with E-state index in [9.17, 15) is 29.4 Å². The minimum Gasteiger partial charge on any atom is -0.854 e. The average molecular weight is 599 g/mol. The summed E-state index contributed by atoms with van der Waals surface area (Å²) in [5, 5.41) is 34.1. The van der Waals surface area contributed by atoms with E-state index in [0.717, 1.165) is 32.7 Å². The van der Waals surface area contributed by atoms with E-state index >= 15 is 0 Å². The topological polar surface area (TPSA) is 221 Å². The number of carbonyl (C=O) groups is 3. The Morgan fingerprint density at radius 1 is 1.34 bits per heavy atom. The zero-order valence-corrected chi connectivity index (χ0v) is 26.9. The van der Waals surface area contributed by atoms with Crippen LogP contribution in [0, 0.1) is 0 Å². The summed E-state index contributed by atoms with van der Waals surface area (Å²) in [7, 11) is 2.66. The first-order valence-electron chi connectivity index (χ1n) is 9.89. The molecular weight excluding hydrogens is 582 g/mol. The molecule has 1 saturated heterocycles. The number of anilines is 1. The Bertz CT molecular complexity index is 1380. The molecule has 3 N–H and O–H groups in total. The van der Waals surface area contributed by atoms with Gasteiger partial charge in [0.25, 0.3) is 17.4 Å². The largest absolute Gasteiger partial charge is 1.00 e. The van der Waals surface area contributed by atoms with Gasteiger partial charge in [-0.05, 0) is 5.57 Å². The maximum Gasteiger partial charge on any atom is 1.00 e. The molecule has 4 heterocycles. The molecule has 2 atom stereocenters. The van der Waals surface area contributed by atoms with Crippen LogP contribution < -0.4 is 85.9 Å². The number of thioether (sulfide) groups is 2. The van der Waals surface area contributed by atoms with E-state index in [1.54, 1.807) is 0 Å². The SMILES string of the molecule is CO/N=C(\C(=O)N[C@@H]1C(=O)N2C(C(=O)[O-])=C(CSc3nc(=O)c([O-])nn3C)CS[C@@H]12)c1csc(N)n1.[Na+].[Na+]. The number of carbonyl (C=O) groups excluding carboxylic acids is 3. The number of aryl methyl sites for hydroxylation is 1. The van der Waals surface area contributed by atoms with E-state index in [1.807, 2.05) is 0 Å². The number of nitrogens with two attached hydrogens (primary N) is 1. The van der Waals surface area contributed by atoms with Gasteiger partial charge in [0, 0.05) is 23.9 Å². The number of hydrogen-bond donors (Lipinski definition) is 2. The molecule has 38 heavy (non-hydrogen) atoms. The molecule has 0 radical (unpaired) electrons. The molecule has 0 aromatic carbocycles. The molecule has 2 amide bonds. The fourth-order valence-electron chi connectivity index (χ4n) is 3.39. The van der Waals surface area contributed by atoms with Gasteiger partial charge in [-0.25, -0.2) is 9.67 Å². The van der Waals surface area contributed by atoms with E-state index in [4.69, 9.17) is 10.6 Å². The van der Waals surface area contributed by atoms with E-state index in [2.05, 4.69) is 25.5 Å². The van der Waals surface area contributed by atoms with Gasteiger partial charge < -0.3 is 30.9 Å². The Hall–Kier alpha value is -1.64. The minimum atomic E-state index is -1.57. The third kappa shape index (κ3) is 6.56. The molecule has 0 saturated carbocycles. The van der Waals surface area contributed by atoms with E-state index in [-0.39, 0.29) is 98.0 Å². The van der Waals surface area contributed by atoms with Crippen molar-refractivity contribution in [3.63, 3.8) is 0 Å². The minimum absolute atomic E-state index is 0. The third-order valence-electron chi connectivity index (χ3n) is 4.96. The Kier molecular flexibility index (Phi) is 11.7. The van der Waals surface area contributed by atoms with Gasteiger partial charge in [0.15, 0.2) is 16.0 Å². The number of rotatable bonds is 8. The number of aliphatic carboxylic acids is 1. The number of hydrogen-bond acceptors (Lipinski definition) is 15. The molecular formula is C18H16N8Na2O7S3. The van der Waals surface area contributed by atoms with Gasteiger partial charge in [-0.1, -0.05) is 16.9 Å². The zero-order valence-electron chi connectivity index (χ0n) is 20.5. The normalized spacial score (nSPS) is 18.5. The van der Waals surface area contributed by atoms with Crippen LogP contribution in [0.1, 0.15) is 5.69 Å². The molecule has 20 heteroatoms. The molecule has 0 unspecified atom stereocenters. The van der Waals surface area contributed by atoms with Crippen LogP contribution in [0.25, 0.3) is 0 Å². The summed E-state index contributed by atoms with van der Waals surface area (Å²) >= 11 is 3.31. The third-order valence-corrected chi connectivity index (χ3v) is 8.08. The number of thiazole rings is 1. The Morgan fingerprint density at radius 2 is 2.05 bits per heavy atom. The summed E-state index contributed by atoms with van der Waals surface area (Å²) in [6, 6.07) is -1.03. The van der Waals surface area contributed by atoms with Crippen molar-refractivity contribution in [2.75, 3.05) is 24.3 Å². The smallest absolute Gasteiger partial charge is 0.854 e. The number of nitrogen functional groups attached to an aromatic ring is 1. The second-order valence-electron chi connectivity index (χ2n) is 7.21. The molecule has 15 nitrogen and oxygen atoms in total. The molecule has 0 spiro atoms. The van der Waals surface area contributed by atoms with Gasteiger partial charge in [-0.3, -0.25) is 19.3 Å². The number of carboxylic acids is 1. The monoisotopic (exact) mass is 598 g/mol. The van der Waals surface area contributed by atoms with Crippen LogP contribution in [0.5, 0.6) is 5.88 Å². The summed E-state index contributed by atoms with van der Waals surface area (Å²) in [5.41, 5.74) is 4.57. The number of oxime groups is 1. The number of nitrogens with one attached hydrogen (secondary N) is 1. The molecule has 190 valence electrons. The van der Waals surface area contributed by atoms with Crippen molar-refractivity contribution in [1.29, 1.82) is 0 Å². The van der Waals surface area contributed by atoms with Crippen LogP contribution in [0.3, 0.4) is 0 Å². The number of amides is 2. The molecule has 0 aliphatic carbocycles. The number of fused-ring (bicyclic) bond motifs is 1. The fourth-order valence-corrected chi connectivity index (χ4v) is 6.33. The van der Waals surface area contributed by atoms with E-state index in [0.29, 0.717) is 5.57 Å². The zero-order chi connectivity index (χ0) is 26.1. The van der Waals surface area contributed by atoms with Gasteiger partial charge in [0.05, 0.1) is 17.5 Å². The van der Waals surface area contributed by atoms with Crippen LogP contribution >= 0.6 is 34.9 Å². The molecule has 2 aromatic rings. The number of aromatic nitrogens is 4. The molecule has 2 aromatic heterocycles. The molecule has 2 aliphatic rings. The number of β-lactam (4-membered cyclic amide) rings is 1. The molecule has 4 rings (SSSR count). The van der Waals surface area contributed by atoms with Crippen LogP contribution in [0.15, 0.2) is 31.8 Å². The summed E-state index contributed by atoms with van der Waals surface area (Å²) in [6.45, 7) is 0. The van der Waals surface area contributed by atoms with Crippen LogP contribution in [-0.4, -0.2) is 78.2 Å². The van der Waals surface area contributed by atoms with Crippen LogP contribution in [0.4, 0.5) is 5.13 Å². The fraction of sp³-hybridized carbons (Fsp3) is 0.333. The van der Waals surface area contributed by atoms with Crippen molar-refractivity contribution < 1.29 is 88.5 Å². The van der Waals surface area contributed by atoms with Gasteiger partial charge >= 0.3 is 59.1 Å². The second kappa shape index (κ2) is 13.6. The average Bonchev–Trinajstić information content (AvgIpc) is 3.27. The summed E-state index contributed by atoms with van der Waals surface area (Å²) < 4.78 is 1.11. The number of carboxylic acid groups (broad SMARTS) is 1. The summed E-state index contributed by atoms with van der Waals surface area (Å²) in [4.78, 5) is 62.5. The van der Waals surface area contributed by atoms with Crippen LogP contribution in [0.2, 0.25) is 0 Å². The van der Waals surface area contributed by atoms with Crippen molar-refractivity contribution in [3.8, 4) is 5.88 Å². The Balaban J connectivity index is 0.00000253. The standard InChI is InChI=1S/C18H18N8O7S3.2Na/c1-25-18(22-12(28)13(29)23-25)36-4-6-3-34-15-9(14(30)26(15)10(6)16(31)32)21-11(27)8(24-33-2)7-5-35-17(19)20-7;;/h5,9,15H,3-4H2,1-2H3,(H2,19,20)(H,21,27)(H,23,29)(H,31,32);;/q;2*+1/p-2/b24-8-;;/t9-,15+;;/m1../s1. The first-order chi connectivity index (χ1) is 17.1. The van der Waals surface area contributed by atoms with Gasteiger partial charge in [-0.15, -0.1) is 23.1 Å². The van der Waals surface area contributed by atoms with Crippen LogP contribution in [-0.2, 0) is 26.3 Å². The number of nitrogens with zero attached hydrogens (tertiary/aromatic N) is 6. The van der Waals surface area contributed by atoms with Crippen molar-refractivity contribution in [2.45, 2.75) is 16.6 Å². The van der Waals surface area contributed by atoms with Gasteiger partial charge in [0.2, 0.25) is 0 Å². The predicted octanol–water partition coefficient (Wildman–Crippen LogP) is -9.16.